The number of nitrogens with one attached hydrogen (secondary N) is 1. The maximum absolute atomic E-state index is 12.7. The number of quaternary nitrogens is 1. The summed E-state index contributed by atoms with van der Waals surface area (Å²) in [6.07, 6.45) is 26.8. The van der Waals surface area contributed by atoms with Crippen LogP contribution < -0.4 is 10.2 Å². The summed E-state index contributed by atoms with van der Waals surface area (Å²) in [6.45, 7) is 4.66. The number of nitrogens with zero attached hydrogens (tertiary/aromatic N) is 1. The second-order valence-electron chi connectivity index (χ2n) is 13.9. The molecule has 0 radical (unpaired) electrons. The monoisotopic (exact) mass is 649 g/mol. The Hall–Kier alpha value is -0.500. The van der Waals surface area contributed by atoms with E-state index in [4.69, 9.17) is 9.05 Å². The van der Waals surface area contributed by atoms with Crippen LogP contribution in [0.2, 0.25) is 0 Å². The van der Waals surface area contributed by atoms with Crippen LogP contribution >= 0.6 is 7.82 Å². The third kappa shape index (κ3) is 30.2. The van der Waals surface area contributed by atoms with Crippen molar-refractivity contribution in [3.8, 4) is 0 Å². The Labute approximate surface area is 272 Å². The molecule has 44 heavy (non-hydrogen) atoms. The summed E-state index contributed by atoms with van der Waals surface area (Å²) >= 11 is 0. The van der Waals surface area contributed by atoms with E-state index in [0.717, 1.165) is 38.5 Å². The Bertz CT molecular complexity index is 703. The predicted molar refractivity (Wildman–Crippen MR) is 183 cm³/mol. The molecule has 0 rings (SSSR count). The number of unbranched alkanes of at least 4 members (excludes halogenated alkanes) is 20. The van der Waals surface area contributed by atoms with Crippen LogP contribution in [0, 0.1) is 0 Å². The van der Waals surface area contributed by atoms with Crippen molar-refractivity contribution >= 4 is 13.7 Å². The third-order valence-corrected chi connectivity index (χ3v) is 9.31. The number of carbonyl (C=O) groups excluding carboxylic acids is 1. The second kappa shape index (κ2) is 28.7. The summed E-state index contributed by atoms with van der Waals surface area (Å²) in [5.41, 5.74) is 0. The number of carbonyl (C=O) groups is 1. The lowest BCUT2D eigenvalue weighted by Gasteiger charge is -2.30. The van der Waals surface area contributed by atoms with Gasteiger partial charge in [-0.3, -0.25) is 9.36 Å². The zero-order valence-corrected chi connectivity index (χ0v) is 30.5. The number of aliphatic hydroxyl groups is 1. The summed E-state index contributed by atoms with van der Waals surface area (Å²) in [7, 11) is 1.31. The van der Waals surface area contributed by atoms with E-state index < -0.39 is 20.0 Å². The molecule has 0 saturated heterocycles. The molecule has 0 heterocycles. The molecule has 0 aliphatic carbocycles. The van der Waals surface area contributed by atoms with E-state index in [2.05, 4.69) is 19.2 Å². The summed E-state index contributed by atoms with van der Waals surface area (Å²) in [4.78, 5) is 25.0. The van der Waals surface area contributed by atoms with E-state index in [9.17, 15) is 19.4 Å². The number of rotatable bonds is 33. The maximum Gasteiger partial charge on any atom is 0.268 e. The van der Waals surface area contributed by atoms with Crippen LogP contribution in [0.3, 0.4) is 0 Å². The van der Waals surface area contributed by atoms with E-state index in [1.54, 1.807) is 0 Å². The highest BCUT2D eigenvalue weighted by Gasteiger charge is 2.24. The lowest BCUT2D eigenvalue weighted by molar-refractivity contribution is -0.870. The molecule has 3 atom stereocenters. The third-order valence-electron chi connectivity index (χ3n) is 8.35. The van der Waals surface area contributed by atoms with Crippen LogP contribution in [0.4, 0.5) is 0 Å². The number of phosphoric ester groups is 1. The van der Waals surface area contributed by atoms with Crippen molar-refractivity contribution in [2.75, 3.05) is 40.9 Å². The van der Waals surface area contributed by atoms with Crippen molar-refractivity contribution in [2.24, 2.45) is 0 Å². The Morgan fingerprint density at radius 2 is 1.11 bits per heavy atom. The first-order valence-electron chi connectivity index (χ1n) is 18.4. The van der Waals surface area contributed by atoms with E-state index in [-0.39, 0.29) is 19.1 Å². The number of amides is 1. The van der Waals surface area contributed by atoms with Crippen molar-refractivity contribution in [3.05, 3.63) is 0 Å². The Balaban J connectivity index is 4.39. The fraction of sp³-hybridized carbons (Fsp3) is 0.971. The lowest BCUT2D eigenvalue weighted by atomic mass is 10.0. The number of aliphatic hydroxyl groups excluding tert-OH is 1. The van der Waals surface area contributed by atoms with Crippen molar-refractivity contribution in [2.45, 2.75) is 180 Å². The topological polar surface area (TPSA) is 108 Å². The first-order chi connectivity index (χ1) is 21.0. The van der Waals surface area contributed by atoms with Crippen molar-refractivity contribution in [3.63, 3.8) is 0 Å². The molecule has 0 spiro atoms. The van der Waals surface area contributed by atoms with Gasteiger partial charge in [0.25, 0.3) is 7.82 Å². The first kappa shape index (κ1) is 43.5. The molecule has 3 unspecified atom stereocenters. The molecule has 8 nitrogen and oxygen atoms in total. The highest BCUT2D eigenvalue weighted by atomic mass is 31.2. The average molecular weight is 649 g/mol. The minimum absolute atomic E-state index is 0.0151. The van der Waals surface area contributed by atoms with E-state index >= 15 is 0 Å². The van der Waals surface area contributed by atoms with Crippen LogP contribution in [0.5, 0.6) is 0 Å². The van der Waals surface area contributed by atoms with E-state index in [1.807, 2.05) is 21.1 Å². The van der Waals surface area contributed by atoms with Gasteiger partial charge in [0, 0.05) is 6.42 Å². The maximum atomic E-state index is 12.7. The van der Waals surface area contributed by atoms with Crippen LogP contribution in [-0.4, -0.2) is 68.5 Å². The van der Waals surface area contributed by atoms with Gasteiger partial charge in [-0.15, -0.1) is 0 Å². The molecule has 264 valence electrons. The smallest absolute Gasteiger partial charge is 0.268 e. The zero-order chi connectivity index (χ0) is 32.9. The normalized spacial score (nSPS) is 14.8. The Morgan fingerprint density at radius 1 is 0.705 bits per heavy atom. The fourth-order valence-corrected chi connectivity index (χ4v) is 6.05. The molecular weight excluding hydrogens is 575 g/mol. The lowest BCUT2D eigenvalue weighted by Crippen LogP contribution is -2.46. The van der Waals surface area contributed by atoms with E-state index in [1.165, 1.54) is 103 Å². The highest BCUT2D eigenvalue weighted by Crippen LogP contribution is 2.38. The Morgan fingerprint density at radius 3 is 1.55 bits per heavy atom. The van der Waals surface area contributed by atoms with Gasteiger partial charge in [0.2, 0.25) is 5.91 Å². The van der Waals surface area contributed by atoms with Crippen LogP contribution in [0.15, 0.2) is 0 Å². The van der Waals surface area contributed by atoms with Gasteiger partial charge >= 0.3 is 0 Å². The summed E-state index contributed by atoms with van der Waals surface area (Å²) in [6, 6.07) is -0.789. The number of hydrogen-bond donors (Lipinski definition) is 2. The molecule has 0 aliphatic heterocycles. The van der Waals surface area contributed by atoms with Gasteiger partial charge in [-0.1, -0.05) is 149 Å². The highest BCUT2D eigenvalue weighted by molar-refractivity contribution is 7.45. The summed E-state index contributed by atoms with van der Waals surface area (Å²) in [5.74, 6) is -0.172. The molecule has 1 amide bonds. The molecule has 0 bridgehead atoms. The molecule has 0 aromatic carbocycles. The standard InChI is InChI=1S/C35H73N2O6P/c1-6-8-10-12-14-15-16-17-18-19-20-21-23-24-26-28-34(38)33(32-43-44(40,41)42-31-30-37(3,4)5)36-35(39)29-27-25-22-13-11-9-7-2/h33-34,38H,6-32H2,1-5H3,(H-,36,39,40,41). The number of phosphoric acid groups is 1. The molecule has 0 aliphatic rings. The zero-order valence-electron chi connectivity index (χ0n) is 29.6. The van der Waals surface area contributed by atoms with E-state index in [0.29, 0.717) is 23.9 Å². The quantitative estimate of drug-likeness (QED) is 0.0420. The van der Waals surface area contributed by atoms with Crippen LogP contribution in [0.25, 0.3) is 0 Å². The van der Waals surface area contributed by atoms with Gasteiger partial charge in [0.15, 0.2) is 0 Å². The average Bonchev–Trinajstić information content (AvgIpc) is 2.95. The van der Waals surface area contributed by atoms with Gasteiger partial charge in [-0.2, -0.15) is 0 Å². The van der Waals surface area contributed by atoms with Crippen LogP contribution in [0.1, 0.15) is 168 Å². The second-order valence-corrected chi connectivity index (χ2v) is 15.4. The molecule has 0 fully saturated rings. The van der Waals surface area contributed by atoms with Crippen molar-refractivity contribution in [1.82, 2.24) is 5.32 Å². The van der Waals surface area contributed by atoms with Gasteiger partial charge in [0.05, 0.1) is 39.9 Å². The molecule has 0 saturated carbocycles. The molecular formula is C35H73N2O6P. The molecule has 2 N–H and O–H groups in total. The van der Waals surface area contributed by atoms with Gasteiger partial charge in [0.1, 0.15) is 13.2 Å². The number of hydrogen-bond acceptors (Lipinski definition) is 6. The largest absolute Gasteiger partial charge is 0.756 e. The molecule has 0 aromatic heterocycles. The molecule has 0 aromatic rings. The fourth-order valence-electron chi connectivity index (χ4n) is 5.33. The van der Waals surface area contributed by atoms with Gasteiger partial charge < -0.3 is 28.8 Å². The van der Waals surface area contributed by atoms with Crippen molar-refractivity contribution < 1.29 is 32.9 Å². The van der Waals surface area contributed by atoms with Crippen LogP contribution in [-0.2, 0) is 18.4 Å². The number of likely N-dealkylation sites (N-methyl/N-ethyl adjacent to an activating group) is 1. The minimum Gasteiger partial charge on any atom is -0.756 e. The SMILES string of the molecule is CCCCCCCCCCCCCCCCCC(O)C(COP(=O)([O-])OCC[N+](C)(C)C)NC(=O)CCCCCCCCC. The van der Waals surface area contributed by atoms with Gasteiger partial charge in [-0.25, -0.2) is 0 Å². The van der Waals surface area contributed by atoms with Crippen molar-refractivity contribution in [1.29, 1.82) is 0 Å². The minimum atomic E-state index is -4.54. The summed E-state index contributed by atoms with van der Waals surface area (Å²) < 4.78 is 23.1. The summed E-state index contributed by atoms with van der Waals surface area (Å²) in [5, 5.41) is 13.8. The predicted octanol–water partition coefficient (Wildman–Crippen LogP) is 8.44. The first-order valence-corrected chi connectivity index (χ1v) is 19.8. The Kier molecular flexibility index (Phi) is 28.4. The van der Waals surface area contributed by atoms with Gasteiger partial charge in [-0.05, 0) is 12.8 Å². The molecule has 9 heteroatoms.